The van der Waals surface area contributed by atoms with Crippen LogP contribution in [0.15, 0.2) is 185 Å². The van der Waals surface area contributed by atoms with Crippen molar-refractivity contribution < 1.29 is 8.83 Å². The molecule has 0 saturated carbocycles. The van der Waals surface area contributed by atoms with E-state index in [2.05, 4.69) is 197 Å². The van der Waals surface area contributed by atoms with Crippen LogP contribution >= 0.6 is 0 Å². The summed E-state index contributed by atoms with van der Waals surface area (Å²) in [4.78, 5) is 2.51. The largest absolute Gasteiger partial charge is 0.456 e. The van der Waals surface area contributed by atoms with Crippen molar-refractivity contribution >= 4 is 55.3 Å². The van der Waals surface area contributed by atoms with Gasteiger partial charge in [-0.1, -0.05) is 146 Å². The Kier molecular flexibility index (Phi) is 7.51. The molecule has 0 radical (unpaired) electrons. The average Bonchev–Trinajstić information content (AvgIpc) is 3.97. The fraction of sp³-hybridized carbons (Fsp3) is 0.137. The summed E-state index contributed by atoms with van der Waals surface area (Å²) >= 11 is 0. The van der Waals surface area contributed by atoms with Gasteiger partial charge in [0.05, 0.1) is 35.6 Å². The maximum atomic E-state index is 6.96. The molecule has 57 heavy (non-hydrogen) atoms. The predicted molar refractivity (Wildman–Crippen MR) is 231 cm³/mol. The van der Waals surface area contributed by atoms with Crippen LogP contribution in [0.3, 0.4) is 0 Å². The van der Waals surface area contributed by atoms with Gasteiger partial charge in [0.2, 0.25) is 0 Å². The van der Waals surface area contributed by atoms with Crippen molar-refractivity contribution in [3.63, 3.8) is 0 Å². The highest BCUT2D eigenvalue weighted by Crippen LogP contribution is 2.52. The number of anilines is 2. The van der Waals surface area contributed by atoms with E-state index in [1.165, 1.54) is 16.8 Å². The van der Waals surface area contributed by atoms with Crippen LogP contribution < -0.4 is 20.9 Å². The minimum Gasteiger partial charge on any atom is -0.456 e. The van der Waals surface area contributed by atoms with E-state index in [4.69, 9.17) is 8.83 Å². The summed E-state index contributed by atoms with van der Waals surface area (Å²) in [6, 6.07) is 45.6. The molecule has 6 aromatic carbocycles. The molecule has 3 N–H and O–H groups in total. The second-order valence-corrected chi connectivity index (χ2v) is 15.6. The Morgan fingerprint density at radius 1 is 0.509 bits per heavy atom. The number of allylic oxidation sites excluding steroid dienone is 5. The summed E-state index contributed by atoms with van der Waals surface area (Å²) in [5.41, 5.74) is 11.7. The Labute approximate surface area is 330 Å². The third-order valence-electron chi connectivity index (χ3n) is 12.5. The molecule has 6 unspecified atom stereocenters. The van der Waals surface area contributed by atoms with E-state index in [-0.39, 0.29) is 30.5 Å². The zero-order valence-corrected chi connectivity index (χ0v) is 31.2. The lowest BCUT2D eigenvalue weighted by Gasteiger charge is -2.42. The molecule has 6 nitrogen and oxygen atoms in total. The van der Waals surface area contributed by atoms with Gasteiger partial charge in [-0.3, -0.25) is 16.0 Å². The van der Waals surface area contributed by atoms with Crippen molar-refractivity contribution in [1.29, 1.82) is 0 Å². The Hall–Kier alpha value is -6.44. The van der Waals surface area contributed by atoms with E-state index in [1.807, 2.05) is 0 Å². The van der Waals surface area contributed by atoms with Crippen LogP contribution in [-0.2, 0) is 0 Å². The number of hydrogen-bond acceptors (Lipinski definition) is 6. The van der Waals surface area contributed by atoms with E-state index in [9.17, 15) is 0 Å². The Morgan fingerprint density at radius 3 is 2.11 bits per heavy atom. The molecular formula is C51H40N4O2. The van der Waals surface area contributed by atoms with Gasteiger partial charge in [-0.05, 0) is 59.0 Å². The number of fused-ring (bicyclic) bond motifs is 9. The van der Waals surface area contributed by atoms with Crippen LogP contribution in [0.2, 0.25) is 0 Å². The first kappa shape index (κ1) is 32.8. The van der Waals surface area contributed by atoms with Gasteiger partial charge >= 0.3 is 0 Å². The molecule has 276 valence electrons. The molecule has 4 aliphatic rings. The standard InChI is InChI=1S/C51H40N4O2/c1-3-15-31(16-4-1)49-52-50(32-17-5-2-6-18-32)54-51(53-49)38-24-13-28-42-45(38)37-23-11-22-36(48(37)57-42)35-21-12-29-43-46(35)47-41(27-14-30-44(47)56-43)55-39-25-9-7-19-33(39)34-20-8-10-26-40(34)55/h1-17,19-30,32-33,39,49-54H,18H2. The Morgan fingerprint density at radius 2 is 1.21 bits per heavy atom. The first-order valence-electron chi connectivity index (χ1n) is 20.1. The highest BCUT2D eigenvalue weighted by molar-refractivity contribution is 6.21. The van der Waals surface area contributed by atoms with Crippen LogP contribution in [0.25, 0.3) is 55.0 Å². The number of hydrogen-bond donors (Lipinski definition) is 3. The third-order valence-corrected chi connectivity index (χ3v) is 12.5. The Balaban J connectivity index is 1.02. The van der Waals surface area contributed by atoms with Crippen molar-refractivity contribution in [2.45, 2.75) is 36.9 Å². The molecule has 6 atom stereocenters. The fourth-order valence-corrected chi connectivity index (χ4v) is 9.95. The number of rotatable bonds is 5. The second-order valence-electron chi connectivity index (χ2n) is 15.6. The van der Waals surface area contributed by atoms with Gasteiger partial charge in [-0.2, -0.15) is 0 Å². The number of benzene rings is 6. The van der Waals surface area contributed by atoms with Crippen LogP contribution in [0.5, 0.6) is 0 Å². The normalized spacial score (nSPS) is 23.9. The summed E-state index contributed by atoms with van der Waals surface area (Å²) in [6.07, 6.45) is 18.8. The second kappa shape index (κ2) is 13.1. The molecule has 0 bridgehead atoms. The molecule has 2 aromatic heterocycles. The summed E-state index contributed by atoms with van der Waals surface area (Å²) in [7, 11) is 0. The number of para-hydroxylation sites is 2. The van der Waals surface area contributed by atoms with Gasteiger partial charge in [-0.25, -0.2) is 0 Å². The molecule has 8 aromatic rings. The summed E-state index contributed by atoms with van der Waals surface area (Å²) in [6.45, 7) is 0. The fourth-order valence-electron chi connectivity index (χ4n) is 9.95. The molecule has 6 heteroatoms. The van der Waals surface area contributed by atoms with Crippen molar-refractivity contribution in [1.82, 2.24) is 16.0 Å². The maximum Gasteiger partial charge on any atom is 0.143 e. The van der Waals surface area contributed by atoms with Crippen LogP contribution in [-0.4, -0.2) is 12.2 Å². The highest BCUT2D eigenvalue weighted by Gasteiger charge is 2.39. The molecular weight excluding hydrogens is 701 g/mol. The van der Waals surface area contributed by atoms with E-state index < -0.39 is 0 Å². The van der Waals surface area contributed by atoms with Crippen molar-refractivity contribution in [2.24, 2.45) is 5.92 Å². The molecule has 2 aliphatic heterocycles. The van der Waals surface area contributed by atoms with Gasteiger partial charge in [0.1, 0.15) is 22.3 Å². The van der Waals surface area contributed by atoms with Crippen LogP contribution in [0.1, 0.15) is 41.4 Å². The van der Waals surface area contributed by atoms with Crippen molar-refractivity contribution in [3.05, 3.63) is 193 Å². The first-order valence-corrected chi connectivity index (χ1v) is 20.1. The lowest BCUT2D eigenvalue weighted by Crippen LogP contribution is -2.61. The highest BCUT2D eigenvalue weighted by atomic mass is 16.3. The summed E-state index contributed by atoms with van der Waals surface area (Å²) < 4.78 is 13.7. The summed E-state index contributed by atoms with van der Waals surface area (Å²) in [5.74, 6) is 0.606. The first-order chi connectivity index (χ1) is 28.3. The maximum absolute atomic E-state index is 6.96. The monoisotopic (exact) mass is 740 g/mol. The topological polar surface area (TPSA) is 65.6 Å². The van der Waals surface area contributed by atoms with Gasteiger partial charge in [0.15, 0.2) is 0 Å². The number of nitrogens with zero attached hydrogens (tertiary/aromatic N) is 1. The van der Waals surface area contributed by atoms with Gasteiger partial charge in [0.25, 0.3) is 0 Å². The molecule has 0 spiro atoms. The van der Waals surface area contributed by atoms with Gasteiger partial charge < -0.3 is 13.7 Å². The molecule has 12 rings (SSSR count). The van der Waals surface area contributed by atoms with Crippen molar-refractivity contribution in [2.75, 3.05) is 4.90 Å². The minimum atomic E-state index is -0.131. The van der Waals surface area contributed by atoms with Crippen LogP contribution in [0, 0.1) is 5.92 Å². The van der Waals surface area contributed by atoms with Gasteiger partial charge in [0, 0.05) is 39.2 Å². The third kappa shape index (κ3) is 5.15. The van der Waals surface area contributed by atoms with Gasteiger partial charge in [-0.15, -0.1) is 0 Å². The van der Waals surface area contributed by atoms with Crippen molar-refractivity contribution in [3.8, 4) is 11.1 Å². The molecule has 1 fully saturated rings. The van der Waals surface area contributed by atoms with Crippen LogP contribution in [0.4, 0.5) is 11.4 Å². The number of nitrogens with one attached hydrogen (secondary N) is 3. The average molecular weight is 741 g/mol. The lowest BCUT2D eigenvalue weighted by atomic mass is 9.91. The smallest absolute Gasteiger partial charge is 0.143 e. The van der Waals surface area contributed by atoms with E-state index in [1.54, 1.807) is 0 Å². The van der Waals surface area contributed by atoms with E-state index >= 15 is 0 Å². The zero-order valence-electron chi connectivity index (χ0n) is 31.2. The lowest BCUT2D eigenvalue weighted by molar-refractivity contribution is 0.171. The molecule has 1 saturated heterocycles. The molecule has 4 heterocycles. The minimum absolute atomic E-state index is 0.0371. The number of furan rings is 2. The quantitative estimate of drug-likeness (QED) is 0.163. The molecule has 0 amide bonds. The predicted octanol–water partition coefficient (Wildman–Crippen LogP) is 11.8. The molecule has 2 aliphatic carbocycles. The zero-order chi connectivity index (χ0) is 37.5. The SMILES string of the molecule is C1=CCC(C2NC(c3ccccc3)NC(c3cccc4oc5c(-c6cccc7oc8cccc(N9c%10ccccc%10C%10C=CC=CC%109)c8c67)cccc5c34)N2)C=C1. The Bertz CT molecular complexity index is 2990. The van der Waals surface area contributed by atoms with E-state index in [0.29, 0.717) is 5.92 Å². The summed E-state index contributed by atoms with van der Waals surface area (Å²) in [5, 5.41) is 16.2. The van der Waals surface area contributed by atoms with E-state index in [0.717, 1.165) is 72.7 Å².